The standard InChI is InChI=1S/C2H3OP.ClH/c3-1-2-4;/h2H,4H2;1H. The number of hydrogen-bond donors (Lipinski definition) is 0. The van der Waals surface area contributed by atoms with Gasteiger partial charge in [-0.3, -0.25) is 0 Å². The van der Waals surface area contributed by atoms with Gasteiger partial charge >= 0.3 is 0 Å². The highest BCUT2D eigenvalue weighted by atomic mass is 35.5. The number of hydrogen-bond acceptors (Lipinski definition) is 1. The van der Waals surface area contributed by atoms with Gasteiger partial charge in [-0.05, 0) is 0 Å². The third-order valence-electron chi connectivity index (χ3n) is 0.0833. The molecule has 0 fully saturated rings. The second-order valence-corrected chi connectivity index (χ2v) is 0.730. The van der Waals surface area contributed by atoms with E-state index in [-0.39, 0.29) is 12.4 Å². The molecular weight excluding hydrogens is 106 g/mol. The molecule has 1 unspecified atom stereocenters. The highest BCUT2D eigenvalue weighted by molar-refractivity contribution is 7.21. The summed E-state index contributed by atoms with van der Waals surface area (Å²) in [6.07, 6.45) is 0. The van der Waals surface area contributed by atoms with Crippen LogP contribution >= 0.6 is 9.24 Å². The van der Waals surface area contributed by atoms with Crippen LogP contribution in [0.15, 0.2) is 5.82 Å². The molecule has 0 aromatic carbocycles. The first-order chi connectivity index (χ1) is 1.91. The van der Waals surface area contributed by atoms with Crippen LogP contribution < -0.4 is 12.4 Å². The molecular formula is C2H4ClOP. The molecule has 0 heterocycles. The first-order valence-corrected chi connectivity index (χ1v) is 1.72. The van der Waals surface area contributed by atoms with E-state index in [4.69, 9.17) is 4.79 Å². The van der Waals surface area contributed by atoms with Crippen molar-refractivity contribution in [3.05, 3.63) is 5.82 Å². The van der Waals surface area contributed by atoms with Gasteiger partial charge in [-0.1, -0.05) is 0 Å². The van der Waals surface area contributed by atoms with Crippen LogP contribution in [0.5, 0.6) is 0 Å². The Bertz CT molecular complexity index is 47.6. The van der Waals surface area contributed by atoms with Crippen molar-refractivity contribution in [3.63, 3.8) is 0 Å². The molecule has 5 heavy (non-hydrogen) atoms. The molecule has 0 saturated carbocycles. The molecule has 1 atom stereocenters. The molecule has 0 saturated heterocycles. The van der Waals surface area contributed by atoms with Crippen LogP contribution in [0.3, 0.4) is 0 Å². The molecule has 0 aliphatic heterocycles. The Balaban J connectivity index is 0. The lowest BCUT2D eigenvalue weighted by Crippen LogP contribution is -3.00. The van der Waals surface area contributed by atoms with Crippen molar-refractivity contribution in [2.45, 2.75) is 0 Å². The highest BCUT2D eigenvalue weighted by Gasteiger charge is 1.40. The van der Waals surface area contributed by atoms with E-state index in [1.165, 1.54) is 15.1 Å². The second kappa shape index (κ2) is 8.90. The Hall–Kier alpha value is 0.170. The minimum Gasteiger partial charge on any atom is -1.00 e. The van der Waals surface area contributed by atoms with Crippen molar-refractivity contribution in [2.75, 3.05) is 0 Å². The van der Waals surface area contributed by atoms with Crippen molar-refractivity contribution >= 4 is 15.2 Å². The maximum absolute atomic E-state index is 9.00. The van der Waals surface area contributed by atoms with Crippen molar-refractivity contribution in [1.82, 2.24) is 0 Å². The molecule has 0 N–H and O–H groups in total. The average molecular weight is 110 g/mol. The van der Waals surface area contributed by atoms with Crippen LogP contribution in [-0.2, 0) is 4.79 Å². The third kappa shape index (κ3) is 14.3. The third-order valence-corrected chi connectivity index (χ3v) is 0.250. The molecule has 0 aromatic rings. The topological polar surface area (TPSA) is 17.1 Å². The molecule has 0 amide bonds. The Morgan fingerprint density at radius 1 is 1.80 bits per heavy atom. The van der Waals surface area contributed by atoms with E-state index in [1.54, 1.807) is 5.94 Å². The highest BCUT2D eigenvalue weighted by Crippen LogP contribution is 1.68. The van der Waals surface area contributed by atoms with E-state index in [2.05, 4.69) is 0 Å². The van der Waals surface area contributed by atoms with Crippen LogP contribution in [0.25, 0.3) is 0 Å². The van der Waals surface area contributed by atoms with Gasteiger partial charge in [0.05, 0.1) is 0 Å². The number of carbonyl (C=O) groups excluding carboxylic acids is 1. The SMILES string of the molecule is O=C=C[PH3+].[Cl-]. The summed E-state index contributed by atoms with van der Waals surface area (Å²) in [7, 11) is 1.47. The molecule has 30 valence electrons. The van der Waals surface area contributed by atoms with E-state index in [9.17, 15) is 0 Å². The molecule has 0 rings (SSSR count). The minimum absolute atomic E-state index is 0. The van der Waals surface area contributed by atoms with Gasteiger partial charge in [0.1, 0.15) is 5.82 Å². The van der Waals surface area contributed by atoms with Crippen molar-refractivity contribution in [3.8, 4) is 0 Å². The summed E-state index contributed by atoms with van der Waals surface area (Å²) in [5, 5.41) is 0. The first-order valence-electron chi connectivity index (χ1n) is 0.901. The Morgan fingerprint density at radius 2 is 2.00 bits per heavy atom. The largest absolute Gasteiger partial charge is 1.00 e. The fourth-order valence-corrected chi connectivity index (χ4v) is 0. The predicted octanol–water partition coefficient (Wildman–Crippen LogP) is -3.06. The molecule has 0 aromatic heterocycles. The van der Waals surface area contributed by atoms with Crippen molar-refractivity contribution < 1.29 is 17.2 Å². The monoisotopic (exact) mass is 110 g/mol. The molecule has 1 nitrogen and oxygen atoms in total. The lowest BCUT2D eigenvalue weighted by molar-refractivity contribution is -0.00000183. The van der Waals surface area contributed by atoms with Gasteiger partial charge in [0, 0.05) is 9.24 Å². The van der Waals surface area contributed by atoms with E-state index >= 15 is 0 Å². The van der Waals surface area contributed by atoms with Crippen LogP contribution in [0.4, 0.5) is 0 Å². The fourth-order valence-electron chi connectivity index (χ4n) is 0. The predicted molar refractivity (Wildman–Crippen MR) is 21.4 cm³/mol. The van der Waals surface area contributed by atoms with Gasteiger partial charge in [0.2, 0.25) is 0 Å². The van der Waals surface area contributed by atoms with E-state index < -0.39 is 0 Å². The van der Waals surface area contributed by atoms with Gasteiger partial charge in [0.25, 0.3) is 0 Å². The summed E-state index contributed by atoms with van der Waals surface area (Å²) in [5.41, 5.74) is 0. The Labute approximate surface area is 39.1 Å². The average Bonchev–Trinajstić information content (AvgIpc) is 1.37. The summed E-state index contributed by atoms with van der Waals surface area (Å²) >= 11 is 0. The zero-order valence-corrected chi connectivity index (χ0v) is 4.74. The molecule has 3 heteroatoms. The molecule has 0 bridgehead atoms. The fraction of sp³-hybridized carbons (Fsp3) is 0. The molecule has 0 aliphatic carbocycles. The van der Waals surface area contributed by atoms with Crippen LogP contribution in [0.1, 0.15) is 0 Å². The van der Waals surface area contributed by atoms with Crippen LogP contribution in [0, 0.1) is 0 Å². The summed E-state index contributed by atoms with van der Waals surface area (Å²) in [6.45, 7) is 0. The first kappa shape index (κ1) is 8.95. The van der Waals surface area contributed by atoms with E-state index in [0.29, 0.717) is 0 Å². The second-order valence-electron chi connectivity index (χ2n) is 0.322. The van der Waals surface area contributed by atoms with Gasteiger partial charge < -0.3 is 12.4 Å². The minimum atomic E-state index is 0. The van der Waals surface area contributed by atoms with Gasteiger partial charge in [-0.15, -0.1) is 0 Å². The molecule has 0 radical (unpaired) electrons. The summed E-state index contributed by atoms with van der Waals surface area (Å²) in [6, 6.07) is 0. The lowest BCUT2D eigenvalue weighted by Gasteiger charge is -1.23. The smallest absolute Gasteiger partial charge is 0.162 e. The Kier molecular flexibility index (Phi) is 15.9. The van der Waals surface area contributed by atoms with Crippen LogP contribution in [-0.4, -0.2) is 5.94 Å². The normalized spacial score (nSPS) is 4.00. The van der Waals surface area contributed by atoms with Gasteiger partial charge in [0.15, 0.2) is 5.94 Å². The zero-order valence-electron chi connectivity index (χ0n) is 2.57. The lowest BCUT2D eigenvalue weighted by atomic mass is 11.2. The van der Waals surface area contributed by atoms with Gasteiger partial charge in [-0.25, -0.2) is 4.79 Å². The Morgan fingerprint density at radius 3 is 2.00 bits per heavy atom. The van der Waals surface area contributed by atoms with Gasteiger partial charge in [-0.2, -0.15) is 0 Å². The molecule has 0 aliphatic rings. The summed E-state index contributed by atoms with van der Waals surface area (Å²) in [5.74, 6) is 2.92. The maximum atomic E-state index is 9.00. The maximum Gasteiger partial charge on any atom is 0.162 e. The zero-order chi connectivity index (χ0) is 3.41. The van der Waals surface area contributed by atoms with Crippen molar-refractivity contribution in [1.29, 1.82) is 0 Å². The number of rotatable bonds is 0. The quantitative estimate of drug-likeness (QED) is 0.239. The van der Waals surface area contributed by atoms with Crippen molar-refractivity contribution in [2.24, 2.45) is 0 Å². The van der Waals surface area contributed by atoms with E-state index in [1.807, 2.05) is 0 Å². The van der Waals surface area contributed by atoms with E-state index in [0.717, 1.165) is 0 Å². The molecule has 0 spiro atoms. The van der Waals surface area contributed by atoms with Crippen LogP contribution in [0.2, 0.25) is 0 Å². The summed E-state index contributed by atoms with van der Waals surface area (Å²) in [4.78, 5) is 9.00. The number of halogens is 1. The summed E-state index contributed by atoms with van der Waals surface area (Å²) < 4.78 is 0.